The predicted octanol–water partition coefficient (Wildman–Crippen LogP) is 2.87. The molecule has 2 fully saturated rings. The first-order valence-electron chi connectivity index (χ1n) is 9.33. The summed E-state index contributed by atoms with van der Waals surface area (Å²) in [6.45, 7) is 4.68. The zero-order valence-corrected chi connectivity index (χ0v) is 15.3. The van der Waals surface area contributed by atoms with E-state index in [0.717, 1.165) is 37.1 Å². The number of ether oxygens (including phenoxy) is 1. The molecule has 1 saturated carbocycles. The van der Waals surface area contributed by atoms with E-state index >= 15 is 0 Å². The number of amides is 2. The highest BCUT2D eigenvalue weighted by molar-refractivity contribution is 5.94. The van der Waals surface area contributed by atoms with Crippen molar-refractivity contribution >= 4 is 11.8 Å². The SMILES string of the molecule is COc1ccc(C(=O)N2CCCN(C(=O)C3CCCC3)CC2)cc1C. The van der Waals surface area contributed by atoms with Gasteiger partial charge in [-0.05, 0) is 49.9 Å². The third-order valence-electron chi connectivity index (χ3n) is 5.44. The molecule has 1 saturated heterocycles. The fourth-order valence-corrected chi connectivity index (χ4v) is 3.97. The van der Waals surface area contributed by atoms with Gasteiger partial charge in [0.05, 0.1) is 7.11 Å². The van der Waals surface area contributed by atoms with Crippen molar-refractivity contribution in [2.75, 3.05) is 33.3 Å². The summed E-state index contributed by atoms with van der Waals surface area (Å²) < 4.78 is 5.27. The molecule has 5 nitrogen and oxygen atoms in total. The molecule has 1 aliphatic heterocycles. The van der Waals surface area contributed by atoms with E-state index < -0.39 is 0 Å². The topological polar surface area (TPSA) is 49.9 Å². The van der Waals surface area contributed by atoms with Gasteiger partial charge >= 0.3 is 0 Å². The summed E-state index contributed by atoms with van der Waals surface area (Å²) in [6, 6.07) is 5.55. The van der Waals surface area contributed by atoms with Crippen molar-refractivity contribution in [2.24, 2.45) is 5.92 Å². The molecule has 136 valence electrons. The number of methoxy groups -OCH3 is 1. The number of hydrogen-bond acceptors (Lipinski definition) is 3. The molecule has 0 atom stereocenters. The Labute approximate surface area is 149 Å². The van der Waals surface area contributed by atoms with Gasteiger partial charge in [-0.2, -0.15) is 0 Å². The Kier molecular flexibility index (Phi) is 5.61. The van der Waals surface area contributed by atoms with E-state index in [1.165, 1.54) is 12.8 Å². The van der Waals surface area contributed by atoms with Crippen molar-refractivity contribution in [2.45, 2.75) is 39.0 Å². The maximum Gasteiger partial charge on any atom is 0.253 e. The second-order valence-corrected chi connectivity index (χ2v) is 7.14. The Morgan fingerprint density at radius 1 is 1.00 bits per heavy atom. The molecule has 25 heavy (non-hydrogen) atoms. The average molecular weight is 344 g/mol. The lowest BCUT2D eigenvalue weighted by Crippen LogP contribution is -2.39. The van der Waals surface area contributed by atoms with Gasteiger partial charge in [0.2, 0.25) is 5.91 Å². The van der Waals surface area contributed by atoms with Crippen molar-refractivity contribution in [1.29, 1.82) is 0 Å². The first-order chi connectivity index (χ1) is 12.1. The number of rotatable bonds is 3. The lowest BCUT2D eigenvalue weighted by molar-refractivity contribution is -0.135. The number of carbonyl (C=O) groups excluding carboxylic acids is 2. The van der Waals surface area contributed by atoms with Crippen LogP contribution in [0.2, 0.25) is 0 Å². The number of nitrogens with zero attached hydrogens (tertiary/aromatic N) is 2. The Balaban J connectivity index is 1.63. The highest BCUT2D eigenvalue weighted by Crippen LogP contribution is 2.27. The molecule has 1 aromatic rings. The van der Waals surface area contributed by atoms with Crippen molar-refractivity contribution in [3.05, 3.63) is 29.3 Å². The zero-order valence-electron chi connectivity index (χ0n) is 15.3. The van der Waals surface area contributed by atoms with E-state index in [9.17, 15) is 9.59 Å². The van der Waals surface area contributed by atoms with Crippen LogP contribution in [0.1, 0.15) is 48.0 Å². The van der Waals surface area contributed by atoms with Crippen LogP contribution in [0, 0.1) is 12.8 Å². The van der Waals surface area contributed by atoms with Gasteiger partial charge in [-0.1, -0.05) is 12.8 Å². The number of aryl methyl sites for hydroxylation is 1. The van der Waals surface area contributed by atoms with Gasteiger partial charge in [0.15, 0.2) is 0 Å². The van der Waals surface area contributed by atoms with Crippen LogP contribution in [0.3, 0.4) is 0 Å². The molecule has 2 amide bonds. The molecule has 0 bridgehead atoms. The highest BCUT2D eigenvalue weighted by atomic mass is 16.5. The Morgan fingerprint density at radius 2 is 1.68 bits per heavy atom. The third-order valence-corrected chi connectivity index (χ3v) is 5.44. The first kappa shape index (κ1) is 17.8. The van der Waals surface area contributed by atoms with Crippen LogP contribution in [0.4, 0.5) is 0 Å². The van der Waals surface area contributed by atoms with Crippen LogP contribution >= 0.6 is 0 Å². The van der Waals surface area contributed by atoms with Gasteiger partial charge in [0.25, 0.3) is 5.91 Å². The van der Waals surface area contributed by atoms with Gasteiger partial charge in [-0.3, -0.25) is 9.59 Å². The fourth-order valence-electron chi connectivity index (χ4n) is 3.97. The molecular weight excluding hydrogens is 316 g/mol. The molecule has 3 rings (SSSR count). The van der Waals surface area contributed by atoms with Gasteiger partial charge in [0.1, 0.15) is 5.75 Å². The van der Waals surface area contributed by atoms with Crippen molar-refractivity contribution in [1.82, 2.24) is 9.80 Å². The van der Waals surface area contributed by atoms with Crippen LogP contribution in [0.25, 0.3) is 0 Å². The molecule has 5 heteroatoms. The summed E-state index contributed by atoms with van der Waals surface area (Å²) in [7, 11) is 1.63. The van der Waals surface area contributed by atoms with Crippen LogP contribution in [0.5, 0.6) is 5.75 Å². The van der Waals surface area contributed by atoms with Crippen LogP contribution in [-0.4, -0.2) is 54.9 Å². The highest BCUT2D eigenvalue weighted by Gasteiger charge is 2.29. The molecule has 2 aliphatic rings. The van der Waals surface area contributed by atoms with Crippen molar-refractivity contribution in [3.8, 4) is 5.75 Å². The minimum absolute atomic E-state index is 0.0425. The minimum atomic E-state index is 0.0425. The summed E-state index contributed by atoms with van der Waals surface area (Å²) in [5, 5.41) is 0. The smallest absolute Gasteiger partial charge is 0.253 e. The fraction of sp³-hybridized carbons (Fsp3) is 0.600. The van der Waals surface area contributed by atoms with Gasteiger partial charge in [-0.15, -0.1) is 0 Å². The van der Waals surface area contributed by atoms with E-state index in [1.54, 1.807) is 7.11 Å². The van der Waals surface area contributed by atoms with Crippen LogP contribution in [0.15, 0.2) is 18.2 Å². The van der Waals surface area contributed by atoms with Gasteiger partial charge in [-0.25, -0.2) is 0 Å². The normalized spacial score (nSPS) is 19.0. The molecule has 0 unspecified atom stereocenters. The second-order valence-electron chi connectivity index (χ2n) is 7.14. The third kappa shape index (κ3) is 3.97. The van der Waals surface area contributed by atoms with Crippen LogP contribution < -0.4 is 4.74 Å². The lowest BCUT2D eigenvalue weighted by atomic mass is 10.1. The maximum atomic E-state index is 12.8. The van der Waals surface area contributed by atoms with Crippen molar-refractivity contribution < 1.29 is 14.3 Å². The zero-order chi connectivity index (χ0) is 17.8. The van der Waals surface area contributed by atoms with E-state index in [1.807, 2.05) is 34.9 Å². The Morgan fingerprint density at radius 3 is 2.36 bits per heavy atom. The predicted molar refractivity (Wildman–Crippen MR) is 96.8 cm³/mol. The molecule has 0 aromatic heterocycles. The Hall–Kier alpha value is -2.04. The monoisotopic (exact) mass is 344 g/mol. The molecule has 0 N–H and O–H groups in total. The summed E-state index contributed by atoms with van der Waals surface area (Å²) in [6.07, 6.45) is 5.25. The quantitative estimate of drug-likeness (QED) is 0.847. The summed E-state index contributed by atoms with van der Waals surface area (Å²) >= 11 is 0. The molecule has 1 heterocycles. The molecular formula is C20H28N2O3. The summed E-state index contributed by atoms with van der Waals surface area (Å²) in [5.41, 5.74) is 1.65. The van der Waals surface area contributed by atoms with Gasteiger partial charge < -0.3 is 14.5 Å². The van der Waals surface area contributed by atoms with Gasteiger partial charge in [0, 0.05) is 37.7 Å². The average Bonchev–Trinajstić information content (AvgIpc) is 3.05. The van der Waals surface area contributed by atoms with Crippen LogP contribution in [-0.2, 0) is 4.79 Å². The largest absolute Gasteiger partial charge is 0.496 e. The maximum absolute atomic E-state index is 12.8. The number of benzene rings is 1. The summed E-state index contributed by atoms with van der Waals surface area (Å²) in [5.74, 6) is 1.35. The van der Waals surface area contributed by atoms with E-state index in [2.05, 4.69) is 0 Å². The minimum Gasteiger partial charge on any atom is -0.496 e. The van der Waals surface area contributed by atoms with Crippen molar-refractivity contribution in [3.63, 3.8) is 0 Å². The second kappa shape index (κ2) is 7.89. The standard InChI is InChI=1S/C20H28N2O3/c1-15-14-17(8-9-18(15)25-2)20(24)22-11-5-10-21(12-13-22)19(23)16-6-3-4-7-16/h8-9,14,16H,3-7,10-13H2,1-2H3. The van der Waals surface area contributed by atoms with E-state index in [4.69, 9.17) is 4.74 Å². The number of hydrogen-bond donors (Lipinski definition) is 0. The molecule has 1 aliphatic carbocycles. The lowest BCUT2D eigenvalue weighted by Gasteiger charge is -2.24. The summed E-state index contributed by atoms with van der Waals surface area (Å²) in [4.78, 5) is 29.3. The Bertz CT molecular complexity index is 638. The number of carbonyl (C=O) groups is 2. The molecule has 1 aromatic carbocycles. The molecule has 0 radical (unpaired) electrons. The van der Waals surface area contributed by atoms with E-state index in [0.29, 0.717) is 31.1 Å². The molecule has 0 spiro atoms. The van der Waals surface area contributed by atoms with E-state index in [-0.39, 0.29) is 11.8 Å². The first-order valence-corrected chi connectivity index (χ1v) is 9.33.